The Kier molecular flexibility index (Phi) is 6.06. The summed E-state index contributed by atoms with van der Waals surface area (Å²) >= 11 is 0. The lowest BCUT2D eigenvalue weighted by Gasteiger charge is -2.29. The van der Waals surface area contributed by atoms with Crippen LogP contribution in [0, 0.1) is 18.8 Å². The fourth-order valence-corrected chi connectivity index (χ4v) is 6.36. The fraction of sp³-hybridized carbons (Fsp3) is 0.667. The minimum absolute atomic E-state index is 0.0971. The van der Waals surface area contributed by atoms with Gasteiger partial charge in [0, 0.05) is 5.92 Å². The number of unbranched alkanes of at least 4 members (excludes halogenated alkanes) is 3. The van der Waals surface area contributed by atoms with Gasteiger partial charge in [0.25, 0.3) is 10.0 Å². The van der Waals surface area contributed by atoms with Crippen molar-refractivity contribution in [1.82, 2.24) is 4.31 Å². The van der Waals surface area contributed by atoms with Gasteiger partial charge in [0.2, 0.25) is 5.91 Å². The molecule has 4 nitrogen and oxygen atoms in total. The molecule has 0 spiro atoms. The highest BCUT2D eigenvalue weighted by atomic mass is 32.2. The molecule has 1 aromatic carbocycles. The monoisotopic (exact) mass is 377 g/mol. The number of sulfonamides is 1. The van der Waals surface area contributed by atoms with Gasteiger partial charge in [-0.05, 0) is 44.2 Å². The first-order chi connectivity index (χ1) is 12.5. The fourth-order valence-electron chi connectivity index (χ4n) is 4.66. The van der Waals surface area contributed by atoms with Crippen molar-refractivity contribution in [3.63, 3.8) is 0 Å². The van der Waals surface area contributed by atoms with Crippen molar-refractivity contribution in [2.45, 2.75) is 82.6 Å². The van der Waals surface area contributed by atoms with Crippen molar-refractivity contribution in [3.05, 3.63) is 29.8 Å². The van der Waals surface area contributed by atoms with Gasteiger partial charge >= 0.3 is 0 Å². The number of rotatable bonds is 7. The normalized spacial score (nSPS) is 26.2. The van der Waals surface area contributed by atoms with Gasteiger partial charge in [0.05, 0.1) is 10.9 Å². The van der Waals surface area contributed by atoms with E-state index in [0.29, 0.717) is 0 Å². The van der Waals surface area contributed by atoms with Gasteiger partial charge in [0.15, 0.2) is 0 Å². The lowest BCUT2D eigenvalue weighted by atomic mass is 9.77. The van der Waals surface area contributed by atoms with E-state index in [-0.39, 0.29) is 28.7 Å². The molecule has 1 amide bonds. The highest BCUT2D eigenvalue weighted by molar-refractivity contribution is 7.89. The van der Waals surface area contributed by atoms with E-state index in [1.54, 1.807) is 24.3 Å². The average molecular weight is 378 g/mol. The molecule has 1 heterocycles. The number of hydrogen-bond acceptors (Lipinski definition) is 3. The zero-order chi connectivity index (χ0) is 18.7. The quantitative estimate of drug-likeness (QED) is 0.649. The van der Waals surface area contributed by atoms with E-state index in [1.165, 1.54) is 10.7 Å². The summed E-state index contributed by atoms with van der Waals surface area (Å²) in [5, 5.41) is 0. The third-order valence-corrected chi connectivity index (χ3v) is 7.92. The van der Waals surface area contributed by atoms with E-state index in [2.05, 4.69) is 6.92 Å². The van der Waals surface area contributed by atoms with Crippen molar-refractivity contribution in [2.75, 3.05) is 0 Å². The van der Waals surface area contributed by atoms with E-state index in [4.69, 9.17) is 0 Å². The Bertz CT molecular complexity index is 726. The van der Waals surface area contributed by atoms with Gasteiger partial charge in [-0.3, -0.25) is 4.79 Å². The first-order valence-electron chi connectivity index (χ1n) is 10.1. The van der Waals surface area contributed by atoms with Gasteiger partial charge in [0.1, 0.15) is 0 Å². The predicted octanol–water partition coefficient (Wildman–Crippen LogP) is 4.67. The summed E-state index contributed by atoms with van der Waals surface area (Å²) in [7, 11) is -3.77. The van der Waals surface area contributed by atoms with Crippen LogP contribution in [-0.2, 0) is 14.8 Å². The molecule has 144 valence electrons. The van der Waals surface area contributed by atoms with Crippen molar-refractivity contribution in [3.8, 4) is 0 Å². The Morgan fingerprint density at radius 3 is 2.42 bits per heavy atom. The molecular weight excluding hydrogens is 346 g/mol. The molecule has 0 radical (unpaired) electrons. The summed E-state index contributed by atoms with van der Waals surface area (Å²) in [6, 6.07) is 6.71. The van der Waals surface area contributed by atoms with Crippen LogP contribution in [0.15, 0.2) is 29.2 Å². The molecule has 1 aromatic rings. The highest BCUT2D eigenvalue weighted by Crippen LogP contribution is 2.45. The largest absolute Gasteiger partial charge is 0.273 e. The van der Waals surface area contributed by atoms with E-state index in [0.717, 1.165) is 56.9 Å². The molecule has 5 heteroatoms. The summed E-state index contributed by atoms with van der Waals surface area (Å²) in [6.45, 7) is 4.10. The Labute approximate surface area is 158 Å². The zero-order valence-electron chi connectivity index (χ0n) is 16.0. The van der Waals surface area contributed by atoms with E-state index >= 15 is 0 Å². The summed E-state index contributed by atoms with van der Waals surface area (Å²) in [5.41, 5.74) is 1.02. The van der Waals surface area contributed by atoms with Crippen LogP contribution in [0.1, 0.15) is 70.3 Å². The van der Waals surface area contributed by atoms with Crippen LogP contribution in [-0.4, -0.2) is 24.7 Å². The minimum Gasteiger partial charge on any atom is -0.273 e. The number of benzene rings is 1. The predicted molar refractivity (Wildman–Crippen MR) is 103 cm³/mol. The van der Waals surface area contributed by atoms with E-state index in [9.17, 15) is 13.2 Å². The Morgan fingerprint density at radius 2 is 1.73 bits per heavy atom. The first-order valence-corrected chi connectivity index (χ1v) is 11.6. The zero-order valence-corrected chi connectivity index (χ0v) is 16.8. The van der Waals surface area contributed by atoms with Crippen molar-refractivity contribution < 1.29 is 13.2 Å². The molecule has 2 aliphatic rings. The second-order valence-corrected chi connectivity index (χ2v) is 9.74. The molecule has 1 saturated carbocycles. The Hall–Kier alpha value is -1.36. The third-order valence-electron chi connectivity index (χ3n) is 6.08. The van der Waals surface area contributed by atoms with Gasteiger partial charge in [-0.2, -0.15) is 0 Å². The number of hydrogen-bond donors (Lipinski definition) is 0. The van der Waals surface area contributed by atoms with Crippen molar-refractivity contribution in [1.29, 1.82) is 0 Å². The van der Waals surface area contributed by atoms with Crippen molar-refractivity contribution in [2.24, 2.45) is 11.8 Å². The maximum absolute atomic E-state index is 13.3. The minimum atomic E-state index is -3.77. The van der Waals surface area contributed by atoms with Crippen molar-refractivity contribution >= 4 is 15.9 Å². The molecule has 0 aromatic heterocycles. The number of amides is 1. The molecule has 0 unspecified atom stereocenters. The molecule has 3 atom stereocenters. The lowest BCUT2D eigenvalue weighted by Crippen LogP contribution is -2.40. The smallest absolute Gasteiger partial charge is 0.266 e. The first kappa shape index (κ1) is 19.4. The van der Waals surface area contributed by atoms with Crippen LogP contribution >= 0.6 is 0 Å². The van der Waals surface area contributed by atoms with Crippen LogP contribution in [0.5, 0.6) is 0 Å². The maximum Gasteiger partial charge on any atom is 0.266 e. The molecule has 1 aliphatic heterocycles. The Morgan fingerprint density at radius 1 is 1.04 bits per heavy atom. The topological polar surface area (TPSA) is 54.5 Å². The number of carbonyl (C=O) groups excluding carboxylic acids is 1. The molecule has 1 saturated heterocycles. The summed E-state index contributed by atoms with van der Waals surface area (Å²) in [6.07, 6.45) is 9.19. The average Bonchev–Trinajstić information content (AvgIpc) is 2.92. The standard InChI is InChI=1S/C21H31NO3S/c1-3-4-5-6-11-20-18-9-7-8-10-19(18)21(23)22(20)26(24,25)17-14-12-16(2)13-15-17/h12-15,18-20H,3-11H2,1-2H3/t18-,19+,20-/m0/s1. The van der Waals surface area contributed by atoms with Crippen LogP contribution in [0.25, 0.3) is 0 Å². The van der Waals surface area contributed by atoms with Crippen LogP contribution in [0.3, 0.4) is 0 Å². The molecule has 3 rings (SSSR count). The summed E-state index contributed by atoms with van der Waals surface area (Å²) in [4.78, 5) is 13.3. The third kappa shape index (κ3) is 3.68. The molecule has 2 fully saturated rings. The van der Waals surface area contributed by atoms with Crippen LogP contribution in [0.4, 0.5) is 0 Å². The number of aryl methyl sites for hydroxylation is 1. The SMILES string of the molecule is CCCCCC[C@H]1[C@H]2CCCC[C@H]2C(=O)N1S(=O)(=O)c1ccc(C)cc1. The number of carbonyl (C=O) groups is 1. The van der Waals surface area contributed by atoms with Gasteiger partial charge < -0.3 is 0 Å². The van der Waals surface area contributed by atoms with Gasteiger partial charge in [-0.1, -0.05) is 63.1 Å². The van der Waals surface area contributed by atoms with Crippen LogP contribution < -0.4 is 0 Å². The molecular formula is C21H31NO3S. The number of nitrogens with zero attached hydrogens (tertiary/aromatic N) is 1. The summed E-state index contributed by atoms with van der Waals surface area (Å²) in [5.74, 6) is -0.0472. The Balaban J connectivity index is 1.90. The number of fused-ring (bicyclic) bond motifs is 1. The van der Waals surface area contributed by atoms with E-state index in [1.807, 2.05) is 6.92 Å². The lowest BCUT2D eigenvalue weighted by molar-refractivity contribution is -0.128. The van der Waals surface area contributed by atoms with Gasteiger partial charge in [-0.15, -0.1) is 0 Å². The molecule has 0 N–H and O–H groups in total. The van der Waals surface area contributed by atoms with Crippen LogP contribution in [0.2, 0.25) is 0 Å². The molecule has 1 aliphatic carbocycles. The highest BCUT2D eigenvalue weighted by Gasteiger charge is 2.52. The second-order valence-electron chi connectivity index (χ2n) is 7.92. The summed E-state index contributed by atoms with van der Waals surface area (Å²) < 4.78 is 27.9. The maximum atomic E-state index is 13.3. The van der Waals surface area contributed by atoms with E-state index < -0.39 is 10.0 Å². The second kappa shape index (κ2) is 8.12. The van der Waals surface area contributed by atoms with Gasteiger partial charge in [-0.25, -0.2) is 12.7 Å². The molecule has 0 bridgehead atoms. The molecule has 26 heavy (non-hydrogen) atoms.